The van der Waals surface area contributed by atoms with Crippen molar-refractivity contribution in [1.82, 2.24) is 0 Å². The molecule has 0 aliphatic carbocycles. The molecule has 0 amide bonds. The fraction of sp³-hybridized carbons (Fsp3) is 0.625. The lowest BCUT2D eigenvalue weighted by Gasteiger charge is -2.18. The molecular weight excluding hydrogens is 480 g/mol. The van der Waals surface area contributed by atoms with Gasteiger partial charge in [-0.3, -0.25) is 0 Å². The first-order chi connectivity index (χ1) is 17.8. The molecule has 4 nitrogen and oxygen atoms in total. The van der Waals surface area contributed by atoms with Crippen molar-refractivity contribution in [3.63, 3.8) is 0 Å². The molecule has 0 aromatic heterocycles. The van der Waals surface area contributed by atoms with Crippen molar-refractivity contribution in [2.24, 2.45) is 0 Å². The topological polar surface area (TPSA) is 74.6 Å². The van der Waals surface area contributed by atoms with Crippen molar-refractivity contribution in [2.45, 2.75) is 140 Å². The van der Waals surface area contributed by atoms with Crippen LogP contribution in [-0.2, 0) is 35.5 Å². The normalized spacial score (nSPS) is 11.8. The van der Waals surface area contributed by atoms with Crippen LogP contribution in [0.3, 0.4) is 0 Å². The third-order valence-electron chi connectivity index (χ3n) is 7.30. The zero-order valence-electron chi connectivity index (χ0n) is 23.7. The Balaban J connectivity index is 2.64. The summed E-state index contributed by atoms with van der Waals surface area (Å²) in [6.07, 6.45) is 14.5. The Labute approximate surface area is 226 Å². The summed E-state index contributed by atoms with van der Waals surface area (Å²) < 4.78 is 28.7. The molecule has 0 saturated carbocycles. The largest absolute Gasteiger partial charge is 0.508 e. The molecule has 2 aromatic carbocycles. The maximum Gasteiger partial charge on any atom is 0.207 e. The number of aromatic hydroxyl groups is 2. The van der Waals surface area contributed by atoms with Gasteiger partial charge in [-0.2, -0.15) is 0 Å². The highest BCUT2D eigenvalue weighted by Crippen LogP contribution is 2.36. The molecule has 0 saturated heterocycles. The van der Waals surface area contributed by atoms with Gasteiger partial charge in [0.05, 0.1) is 9.79 Å². The quantitative estimate of drug-likeness (QED) is 0.189. The number of phenolic OH excluding ortho intramolecular Hbond substituents is 2. The lowest BCUT2D eigenvalue weighted by Crippen LogP contribution is -2.11. The number of rotatable bonds is 18. The molecule has 0 radical (unpaired) electrons. The van der Waals surface area contributed by atoms with Gasteiger partial charge in [0.1, 0.15) is 11.5 Å². The fourth-order valence-electron chi connectivity index (χ4n) is 4.98. The Kier molecular flexibility index (Phi) is 13.5. The molecule has 37 heavy (non-hydrogen) atoms. The molecule has 0 aliphatic heterocycles. The zero-order chi connectivity index (χ0) is 27.3. The Morgan fingerprint density at radius 3 is 1.08 bits per heavy atom. The summed E-state index contributed by atoms with van der Waals surface area (Å²) in [5.74, 6) is 0.409. The van der Waals surface area contributed by atoms with E-state index in [1.54, 1.807) is 24.3 Å². The Hall–Kier alpha value is -2.01. The molecule has 0 unspecified atom stereocenters. The lowest BCUT2D eigenvalue weighted by molar-refractivity contribution is 0.464. The van der Waals surface area contributed by atoms with Crippen LogP contribution in [0.2, 0.25) is 0 Å². The van der Waals surface area contributed by atoms with Gasteiger partial charge >= 0.3 is 0 Å². The lowest BCUT2D eigenvalue weighted by atomic mass is 10.0. The minimum atomic E-state index is -3.84. The number of phenols is 2. The Bertz CT molecular complexity index is 993. The minimum absolute atomic E-state index is 0.204. The van der Waals surface area contributed by atoms with E-state index in [0.29, 0.717) is 57.7 Å². The van der Waals surface area contributed by atoms with Crippen LogP contribution >= 0.6 is 0 Å². The molecule has 0 spiro atoms. The average Bonchev–Trinajstić information content (AvgIpc) is 2.86. The van der Waals surface area contributed by atoms with Crippen molar-refractivity contribution in [2.75, 3.05) is 0 Å². The van der Waals surface area contributed by atoms with Crippen molar-refractivity contribution in [3.8, 4) is 11.5 Å². The van der Waals surface area contributed by atoms with Crippen molar-refractivity contribution in [1.29, 1.82) is 0 Å². The summed E-state index contributed by atoms with van der Waals surface area (Å²) in [5, 5.41) is 21.6. The molecule has 208 valence electrons. The van der Waals surface area contributed by atoms with E-state index in [4.69, 9.17) is 0 Å². The van der Waals surface area contributed by atoms with Crippen molar-refractivity contribution in [3.05, 3.63) is 46.5 Å². The van der Waals surface area contributed by atoms with E-state index in [1.807, 2.05) is 0 Å². The van der Waals surface area contributed by atoms with E-state index in [9.17, 15) is 18.6 Å². The predicted octanol–water partition coefficient (Wildman–Crippen LogP) is 8.86. The molecule has 0 bridgehead atoms. The van der Waals surface area contributed by atoms with Gasteiger partial charge in [0, 0.05) is 0 Å². The number of unbranched alkanes of at least 4 members (excludes halogenated alkanes) is 8. The van der Waals surface area contributed by atoms with Gasteiger partial charge in [0.15, 0.2) is 0 Å². The molecule has 2 aromatic rings. The second kappa shape index (κ2) is 16.1. The highest BCUT2D eigenvalue weighted by atomic mass is 32.2. The van der Waals surface area contributed by atoms with Crippen LogP contribution in [0, 0.1) is 0 Å². The van der Waals surface area contributed by atoms with Crippen LogP contribution in [0.25, 0.3) is 0 Å². The van der Waals surface area contributed by atoms with Crippen LogP contribution in [0.4, 0.5) is 0 Å². The van der Waals surface area contributed by atoms with E-state index >= 15 is 0 Å². The maximum atomic E-state index is 14.4. The predicted molar refractivity (Wildman–Crippen MR) is 155 cm³/mol. The fourth-order valence-corrected chi connectivity index (χ4v) is 6.82. The Morgan fingerprint density at radius 1 is 0.486 bits per heavy atom. The van der Waals surface area contributed by atoms with Crippen LogP contribution in [0.5, 0.6) is 11.5 Å². The summed E-state index contributed by atoms with van der Waals surface area (Å²) in [6.45, 7) is 8.53. The highest BCUT2D eigenvalue weighted by Gasteiger charge is 2.27. The number of sulfone groups is 1. The second-order valence-corrected chi connectivity index (χ2v) is 12.4. The molecule has 0 fully saturated rings. The molecule has 0 heterocycles. The summed E-state index contributed by atoms with van der Waals surface area (Å²) in [4.78, 5) is 0.657. The molecule has 2 rings (SSSR count). The minimum Gasteiger partial charge on any atom is -0.508 e. The van der Waals surface area contributed by atoms with E-state index in [-0.39, 0.29) is 11.5 Å². The molecule has 2 N–H and O–H groups in total. The molecular formula is C32H50O4S. The summed E-state index contributed by atoms with van der Waals surface area (Å²) in [5.41, 5.74) is 2.82. The van der Waals surface area contributed by atoms with Gasteiger partial charge in [-0.15, -0.1) is 0 Å². The van der Waals surface area contributed by atoms with Crippen LogP contribution in [0.1, 0.15) is 127 Å². The van der Waals surface area contributed by atoms with Crippen LogP contribution < -0.4 is 0 Å². The smallest absolute Gasteiger partial charge is 0.207 e. The van der Waals surface area contributed by atoms with Gasteiger partial charge in [-0.1, -0.05) is 79.1 Å². The third-order valence-corrected chi connectivity index (χ3v) is 9.22. The van der Waals surface area contributed by atoms with E-state index in [2.05, 4.69) is 27.7 Å². The summed E-state index contributed by atoms with van der Waals surface area (Å²) in [7, 11) is -3.84. The molecule has 0 atom stereocenters. The summed E-state index contributed by atoms with van der Waals surface area (Å²) in [6, 6.07) is 6.87. The van der Waals surface area contributed by atoms with Crippen LogP contribution in [-0.4, -0.2) is 18.6 Å². The van der Waals surface area contributed by atoms with Gasteiger partial charge in [-0.25, -0.2) is 8.42 Å². The van der Waals surface area contributed by atoms with E-state index in [1.165, 1.54) is 0 Å². The van der Waals surface area contributed by atoms with Gasteiger partial charge < -0.3 is 10.2 Å². The first-order valence-corrected chi connectivity index (χ1v) is 16.2. The first-order valence-electron chi connectivity index (χ1n) is 14.7. The van der Waals surface area contributed by atoms with Crippen LogP contribution in [0.15, 0.2) is 34.1 Å². The number of hydrogen-bond acceptors (Lipinski definition) is 4. The standard InChI is InChI=1S/C32H50O4S/c1-5-9-13-17-25-23-31(27(21-29(25)33)19-15-11-7-3)37(35,36)32-24-26(18-14-10-6-2)30(34)22-28(32)20-16-12-8-4/h21-24,33-34H,5-20H2,1-4H3. The Morgan fingerprint density at radius 2 is 0.784 bits per heavy atom. The van der Waals surface area contributed by atoms with E-state index in [0.717, 1.165) is 77.0 Å². The zero-order valence-corrected chi connectivity index (χ0v) is 24.6. The highest BCUT2D eigenvalue weighted by molar-refractivity contribution is 7.91. The number of aryl methyl sites for hydroxylation is 4. The van der Waals surface area contributed by atoms with Crippen molar-refractivity contribution < 1.29 is 18.6 Å². The second-order valence-electron chi connectivity index (χ2n) is 10.5. The van der Waals surface area contributed by atoms with E-state index < -0.39 is 9.84 Å². The van der Waals surface area contributed by atoms with Gasteiger partial charge in [0.2, 0.25) is 9.84 Å². The van der Waals surface area contributed by atoms with Gasteiger partial charge in [0.25, 0.3) is 0 Å². The average molecular weight is 531 g/mol. The number of hydrogen-bond donors (Lipinski definition) is 2. The summed E-state index contributed by atoms with van der Waals surface area (Å²) >= 11 is 0. The van der Waals surface area contributed by atoms with Gasteiger partial charge in [-0.05, 0) is 97.9 Å². The SMILES string of the molecule is CCCCCc1cc(S(=O)(=O)c2cc(CCCCC)c(O)cc2CCCCC)c(CCCCC)cc1O. The van der Waals surface area contributed by atoms with Crippen molar-refractivity contribution >= 4 is 9.84 Å². The molecule has 0 aliphatic rings. The number of benzene rings is 2. The third kappa shape index (κ3) is 9.05. The first kappa shape index (κ1) is 31.2. The monoisotopic (exact) mass is 530 g/mol. The maximum absolute atomic E-state index is 14.4. The molecule has 5 heteroatoms.